The molecule has 0 saturated heterocycles. The first-order chi connectivity index (χ1) is 7.16. The molecule has 0 aromatic carbocycles. The highest BCUT2D eigenvalue weighted by atomic mass is 16.6. The van der Waals surface area contributed by atoms with Crippen molar-refractivity contribution in [3.8, 4) is 0 Å². The molecule has 0 unspecified atom stereocenters. The number of nitrogen functional groups attached to an aromatic ring is 1. The van der Waals surface area contributed by atoms with Gasteiger partial charge in [0.05, 0.1) is 0 Å². The van der Waals surface area contributed by atoms with Gasteiger partial charge < -0.3 is 10.6 Å². The van der Waals surface area contributed by atoms with E-state index in [0.717, 1.165) is 12.8 Å². The smallest absolute Gasteiger partial charge is 0.279 e. The molecule has 0 aliphatic heterocycles. The Bertz CT molecular complexity index is 348. The minimum Gasteiger partial charge on any atom is -0.379 e. The lowest BCUT2D eigenvalue weighted by atomic mass is 10.3. The van der Waals surface area contributed by atoms with E-state index in [2.05, 4.69) is 21.5 Å². The third kappa shape index (κ3) is 2.80. The van der Waals surface area contributed by atoms with Gasteiger partial charge in [-0.2, -0.15) is 0 Å². The zero-order valence-corrected chi connectivity index (χ0v) is 8.64. The van der Waals surface area contributed by atoms with Crippen LogP contribution in [-0.2, 0) is 0 Å². The van der Waals surface area contributed by atoms with Crippen LogP contribution in [0.4, 0.5) is 5.82 Å². The normalized spacial score (nSPS) is 9.93. The standard InChI is InChI=1S/C9H14N4O2/c1-3-4-5-6-13(2)9(14)7-8(10)12-15-11-7/h3H,1,4-6H2,2H3,(H2,10,12). The highest BCUT2D eigenvalue weighted by Gasteiger charge is 2.19. The number of rotatable bonds is 5. The van der Waals surface area contributed by atoms with Gasteiger partial charge in [-0.05, 0) is 23.2 Å². The van der Waals surface area contributed by atoms with E-state index in [9.17, 15) is 4.79 Å². The van der Waals surface area contributed by atoms with Crippen LogP contribution in [-0.4, -0.2) is 34.7 Å². The van der Waals surface area contributed by atoms with Crippen molar-refractivity contribution in [2.45, 2.75) is 12.8 Å². The maximum absolute atomic E-state index is 11.7. The quantitative estimate of drug-likeness (QED) is 0.570. The van der Waals surface area contributed by atoms with Crippen molar-refractivity contribution in [1.82, 2.24) is 15.2 Å². The molecule has 0 bridgehead atoms. The molecule has 0 aliphatic rings. The van der Waals surface area contributed by atoms with Crippen LogP contribution in [0.3, 0.4) is 0 Å². The molecular formula is C9H14N4O2. The molecule has 0 saturated carbocycles. The van der Waals surface area contributed by atoms with Crippen molar-refractivity contribution in [1.29, 1.82) is 0 Å². The van der Waals surface area contributed by atoms with Crippen molar-refractivity contribution in [2.75, 3.05) is 19.3 Å². The van der Waals surface area contributed by atoms with Gasteiger partial charge in [0.15, 0.2) is 0 Å². The maximum Gasteiger partial charge on any atom is 0.279 e. The highest BCUT2D eigenvalue weighted by molar-refractivity contribution is 5.95. The third-order valence-corrected chi connectivity index (χ3v) is 1.96. The molecule has 1 aromatic heterocycles. The van der Waals surface area contributed by atoms with Gasteiger partial charge in [-0.3, -0.25) is 4.79 Å². The predicted molar refractivity (Wildman–Crippen MR) is 55.1 cm³/mol. The van der Waals surface area contributed by atoms with Gasteiger partial charge >= 0.3 is 0 Å². The summed E-state index contributed by atoms with van der Waals surface area (Å²) in [5.41, 5.74) is 5.47. The number of carbonyl (C=O) groups is 1. The van der Waals surface area contributed by atoms with Crippen LogP contribution in [0, 0.1) is 0 Å². The molecule has 0 aliphatic carbocycles. The van der Waals surface area contributed by atoms with E-state index in [1.807, 2.05) is 6.08 Å². The van der Waals surface area contributed by atoms with Crippen molar-refractivity contribution >= 4 is 11.7 Å². The van der Waals surface area contributed by atoms with E-state index in [-0.39, 0.29) is 17.4 Å². The molecular weight excluding hydrogens is 196 g/mol. The second-order valence-corrected chi connectivity index (χ2v) is 3.16. The Labute approximate surface area is 87.7 Å². The first-order valence-corrected chi connectivity index (χ1v) is 4.61. The highest BCUT2D eigenvalue weighted by Crippen LogP contribution is 2.07. The molecule has 1 heterocycles. The van der Waals surface area contributed by atoms with Crippen molar-refractivity contribution in [2.24, 2.45) is 0 Å². The zero-order chi connectivity index (χ0) is 11.3. The molecule has 0 fully saturated rings. The Morgan fingerprint density at radius 2 is 2.40 bits per heavy atom. The zero-order valence-electron chi connectivity index (χ0n) is 8.64. The van der Waals surface area contributed by atoms with Gasteiger partial charge in [0.2, 0.25) is 11.5 Å². The third-order valence-electron chi connectivity index (χ3n) is 1.96. The van der Waals surface area contributed by atoms with E-state index in [1.54, 1.807) is 7.05 Å². The van der Waals surface area contributed by atoms with E-state index >= 15 is 0 Å². The number of anilines is 1. The molecule has 6 heteroatoms. The topological polar surface area (TPSA) is 85.2 Å². The molecule has 0 spiro atoms. The minimum absolute atomic E-state index is 0.0237. The van der Waals surface area contributed by atoms with E-state index in [0.29, 0.717) is 6.54 Å². The Balaban J connectivity index is 2.53. The molecule has 15 heavy (non-hydrogen) atoms. The number of nitrogens with zero attached hydrogens (tertiary/aromatic N) is 3. The summed E-state index contributed by atoms with van der Waals surface area (Å²) >= 11 is 0. The fraction of sp³-hybridized carbons (Fsp3) is 0.444. The van der Waals surface area contributed by atoms with Crippen LogP contribution in [0.25, 0.3) is 0 Å². The summed E-state index contributed by atoms with van der Waals surface area (Å²) in [5, 5.41) is 6.79. The first kappa shape index (κ1) is 11.2. The summed E-state index contributed by atoms with van der Waals surface area (Å²) in [7, 11) is 1.68. The van der Waals surface area contributed by atoms with Crippen molar-refractivity contribution in [3.05, 3.63) is 18.3 Å². The molecule has 1 rings (SSSR count). The monoisotopic (exact) mass is 210 g/mol. The molecule has 2 N–H and O–H groups in total. The SMILES string of the molecule is C=CCCCN(C)C(=O)c1nonc1N. The summed E-state index contributed by atoms with van der Waals surface area (Å²) in [5.74, 6) is -0.256. The van der Waals surface area contributed by atoms with Gasteiger partial charge in [0.25, 0.3) is 5.91 Å². The number of allylic oxidation sites excluding steroid dienone is 1. The molecule has 1 amide bonds. The number of nitrogens with two attached hydrogens (primary N) is 1. The van der Waals surface area contributed by atoms with Crippen LogP contribution < -0.4 is 5.73 Å². The van der Waals surface area contributed by atoms with Crippen LogP contribution in [0.2, 0.25) is 0 Å². The van der Waals surface area contributed by atoms with E-state index in [1.165, 1.54) is 4.90 Å². The van der Waals surface area contributed by atoms with Crippen LogP contribution in [0.1, 0.15) is 23.3 Å². The number of amides is 1. The molecule has 0 atom stereocenters. The fourth-order valence-corrected chi connectivity index (χ4v) is 1.10. The molecule has 6 nitrogen and oxygen atoms in total. The molecule has 1 aromatic rings. The van der Waals surface area contributed by atoms with E-state index in [4.69, 9.17) is 5.73 Å². The average molecular weight is 210 g/mol. The van der Waals surface area contributed by atoms with Crippen LogP contribution in [0.5, 0.6) is 0 Å². The summed E-state index contributed by atoms with van der Waals surface area (Å²) < 4.78 is 4.35. The molecule has 82 valence electrons. The summed E-state index contributed by atoms with van der Waals surface area (Å²) in [6.07, 6.45) is 3.53. The van der Waals surface area contributed by atoms with Gasteiger partial charge in [-0.15, -0.1) is 6.58 Å². The first-order valence-electron chi connectivity index (χ1n) is 4.61. The Morgan fingerprint density at radius 3 is 2.93 bits per heavy atom. The van der Waals surface area contributed by atoms with Crippen molar-refractivity contribution in [3.63, 3.8) is 0 Å². The van der Waals surface area contributed by atoms with Gasteiger partial charge in [0, 0.05) is 13.6 Å². The Kier molecular flexibility index (Phi) is 3.84. The number of hydrogen-bond donors (Lipinski definition) is 1. The molecule has 0 radical (unpaired) electrons. The number of unbranched alkanes of at least 4 members (excludes halogenated alkanes) is 1. The number of aromatic nitrogens is 2. The summed E-state index contributed by atoms with van der Waals surface area (Å²) in [4.78, 5) is 13.2. The van der Waals surface area contributed by atoms with Crippen molar-refractivity contribution < 1.29 is 9.42 Å². The Morgan fingerprint density at radius 1 is 1.67 bits per heavy atom. The van der Waals surface area contributed by atoms with Gasteiger partial charge in [0.1, 0.15) is 0 Å². The fourth-order valence-electron chi connectivity index (χ4n) is 1.10. The number of hydrogen-bond acceptors (Lipinski definition) is 5. The van der Waals surface area contributed by atoms with E-state index < -0.39 is 0 Å². The van der Waals surface area contributed by atoms with Gasteiger partial charge in [-0.25, -0.2) is 4.63 Å². The lowest BCUT2D eigenvalue weighted by molar-refractivity contribution is 0.0783. The average Bonchev–Trinajstić information content (AvgIpc) is 2.63. The largest absolute Gasteiger partial charge is 0.379 e. The van der Waals surface area contributed by atoms with Crippen LogP contribution in [0.15, 0.2) is 17.3 Å². The van der Waals surface area contributed by atoms with Crippen LogP contribution >= 0.6 is 0 Å². The minimum atomic E-state index is -0.280. The lowest BCUT2D eigenvalue weighted by Crippen LogP contribution is -2.28. The lowest BCUT2D eigenvalue weighted by Gasteiger charge is -2.14. The van der Waals surface area contributed by atoms with Gasteiger partial charge in [-0.1, -0.05) is 6.08 Å². The maximum atomic E-state index is 11.7. The predicted octanol–water partition coefficient (Wildman–Crippen LogP) is 0.690. The number of carbonyl (C=O) groups excluding carboxylic acids is 1. The summed E-state index contributed by atoms with van der Waals surface area (Å²) in [6.45, 7) is 4.23. The Hall–Kier alpha value is -1.85. The summed E-state index contributed by atoms with van der Waals surface area (Å²) in [6, 6.07) is 0. The second-order valence-electron chi connectivity index (χ2n) is 3.16. The second kappa shape index (κ2) is 5.14.